The summed E-state index contributed by atoms with van der Waals surface area (Å²) < 4.78 is 0. The van der Waals surface area contributed by atoms with Gasteiger partial charge in [0.1, 0.15) is 0 Å². The monoisotopic (exact) mass is 182 g/mol. The fourth-order valence-electron chi connectivity index (χ4n) is 1.00. The molecule has 0 saturated heterocycles. The molecule has 0 aliphatic heterocycles. The summed E-state index contributed by atoms with van der Waals surface area (Å²) in [5.41, 5.74) is 16.2. The summed E-state index contributed by atoms with van der Waals surface area (Å²) in [7, 11) is 0. The molecule has 0 bridgehead atoms. The standard InChI is InChI=1S/C7H14N6/c1-6(10-12-8)4-3-5-7(2)11-13-9/h6-7H,3-5H2,1-2H3. The third-order valence-corrected chi connectivity index (χ3v) is 1.74. The SMILES string of the molecule is CC(CCCC(C)N=[N+]=[N-])N=[N+]=[N-]. The van der Waals surface area contributed by atoms with E-state index < -0.39 is 0 Å². The second-order valence-electron chi connectivity index (χ2n) is 3.04. The Balaban J connectivity index is 3.55. The van der Waals surface area contributed by atoms with Crippen molar-refractivity contribution in [2.24, 2.45) is 10.2 Å². The highest BCUT2D eigenvalue weighted by Gasteiger charge is 2.01. The van der Waals surface area contributed by atoms with Crippen molar-refractivity contribution in [3.63, 3.8) is 0 Å². The number of azide groups is 2. The van der Waals surface area contributed by atoms with E-state index in [2.05, 4.69) is 20.1 Å². The van der Waals surface area contributed by atoms with Gasteiger partial charge < -0.3 is 0 Å². The Morgan fingerprint density at radius 2 is 1.38 bits per heavy atom. The molecule has 2 atom stereocenters. The summed E-state index contributed by atoms with van der Waals surface area (Å²) in [5.74, 6) is 0. The van der Waals surface area contributed by atoms with Crippen LogP contribution in [-0.2, 0) is 0 Å². The highest BCUT2D eigenvalue weighted by atomic mass is 15.1. The van der Waals surface area contributed by atoms with Gasteiger partial charge in [0.15, 0.2) is 0 Å². The Bertz CT molecular complexity index is 201. The van der Waals surface area contributed by atoms with Crippen LogP contribution in [0.5, 0.6) is 0 Å². The van der Waals surface area contributed by atoms with Gasteiger partial charge in [0.25, 0.3) is 0 Å². The summed E-state index contributed by atoms with van der Waals surface area (Å²) in [6.45, 7) is 3.75. The number of hydrogen-bond acceptors (Lipinski definition) is 2. The maximum Gasteiger partial charge on any atom is 0.0345 e. The minimum Gasteiger partial charge on any atom is -0.0909 e. The van der Waals surface area contributed by atoms with Crippen molar-refractivity contribution < 1.29 is 0 Å². The van der Waals surface area contributed by atoms with Gasteiger partial charge in [0.2, 0.25) is 0 Å². The summed E-state index contributed by atoms with van der Waals surface area (Å²) in [5, 5.41) is 7.09. The van der Waals surface area contributed by atoms with Crippen LogP contribution >= 0.6 is 0 Å². The van der Waals surface area contributed by atoms with Crippen molar-refractivity contribution in [2.45, 2.75) is 45.2 Å². The normalized spacial score (nSPS) is 13.7. The summed E-state index contributed by atoms with van der Waals surface area (Å²) >= 11 is 0. The first-order chi connectivity index (χ1) is 6.20. The first kappa shape index (κ1) is 11.6. The Hall–Kier alpha value is -1.38. The summed E-state index contributed by atoms with van der Waals surface area (Å²) in [6.07, 6.45) is 2.60. The summed E-state index contributed by atoms with van der Waals surface area (Å²) in [6, 6.07) is 0.0616. The van der Waals surface area contributed by atoms with Crippen molar-refractivity contribution in [3.05, 3.63) is 20.9 Å². The molecule has 0 radical (unpaired) electrons. The van der Waals surface area contributed by atoms with Crippen LogP contribution in [0.15, 0.2) is 10.2 Å². The molecule has 2 unspecified atom stereocenters. The fraction of sp³-hybridized carbons (Fsp3) is 1.00. The molecule has 0 aromatic carbocycles. The number of nitrogens with zero attached hydrogens (tertiary/aromatic N) is 6. The lowest BCUT2D eigenvalue weighted by molar-refractivity contribution is 0.551. The number of hydrogen-bond donors (Lipinski definition) is 0. The zero-order chi connectivity index (χ0) is 10.1. The molecule has 0 fully saturated rings. The average molecular weight is 182 g/mol. The van der Waals surface area contributed by atoms with Crippen molar-refractivity contribution in [2.75, 3.05) is 0 Å². The zero-order valence-electron chi connectivity index (χ0n) is 7.96. The highest BCUT2D eigenvalue weighted by Crippen LogP contribution is 2.08. The van der Waals surface area contributed by atoms with Crippen molar-refractivity contribution in [1.82, 2.24) is 0 Å². The lowest BCUT2D eigenvalue weighted by Gasteiger charge is -2.05. The van der Waals surface area contributed by atoms with E-state index in [0.717, 1.165) is 19.3 Å². The molecule has 6 nitrogen and oxygen atoms in total. The third kappa shape index (κ3) is 7.00. The van der Waals surface area contributed by atoms with Crippen molar-refractivity contribution >= 4 is 0 Å². The van der Waals surface area contributed by atoms with Crippen LogP contribution < -0.4 is 0 Å². The van der Waals surface area contributed by atoms with Gasteiger partial charge in [-0.25, -0.2) is 0 Å². The molecule has 6 heteroatoms. The molecular formula is C7H14N6. The second kappa shape index (κ2) is 7.28. The van der Waals surface area contributed by atoms with Crippen LogP contribution in [0.3, 0.4) is 0 Å². The Morgan fingerprint density at radius 3 is 1.69 bits per heavy atom. The molecule has 0 heterocycles. The molecule has 0 aliphatic rings. The van der Waals surface area contributed by atoms with Crippen LogP contribution in [0.1, 0.15) is 33.1 Å². The van der Waals surface area contributed by atoms with Gasteiger partial charge in [-0.1, -0.05) is 30.5 Å². The fourth-order valence-corrected chi connectivity index (χ4v) is 1.00. The van der Waals surface area contributed by atoms with E-state index in [1.807, 2.05) is 13.8 Å². The summed E-state index contributed by atoms with van der Waals surface area (Å²) in [4.78, 5) is 5.43. The van der Waals surface area contributed by atoms with E-state index in [-0.39, 0.29) is 12.1 Å². The molecule has 0 N–H and O–H groups in total. The van der Waals surface area contributed by atoms with Gasteiger partial charge in [-0.15, -0.1) is 0 Å². The quantitative estimate of drug-likeness (QED) is 0.341. The molecule has 0 amide bonds. The Labute approximate surface area is 77.2 Å². The van der Waals surface area contributed by atoms with Crippen molar-refractivity contribution in [3.8, 4) is 0 Å². The molecule has 0 spiro atoms. The molecule has 72 valence electrons. The topological polar surface area (TPSA) is 97.5 Å². The number of rotatable bonds is 6. The average Bonchev–Trinajstić information content (AvgIpc) is 2.05. The lowest BCUT2D eigenvalue weighted by Crippen LogP contribution is -2.00. The third-order valence-electron chi connectivity index (χ3n) is 1.74. The highest BCUT2D eigenvalue weighted by molar-refractivity contribution is 4.65. The minimum atomic E-state index is 0.0308. The molecule has 0 saturated carbocycles. The second-order valence-corrected chi connectivity index (χ2v) is 3.04. The van der Waals surface area contributed by atoms with Gasteiger partial charge in [-0.3, -0.25) is 0 Å². The molecule has 0 aromatic rings. The smallest absolute Gasteiger partial charge is 0.0345 e. The van der Waals surface area contributed by atoms with E-state index in [1.54, 1.807) is 0 Å². The maximum absolute atomic E-state index is 8.12. The van der Waals surface area contributed by atoms with Crippen LogP contribution in [0.2, 0.25) is 0 Å². The van der Waals surface area contributed by atoms with Crippen LogP contribution in [-0.4, -0.2) is 12.1 Å². The Morgan fingerprint density at radius 1 is 1.00 bits per heavy atom. The van der Waals surface area contributed by atoms with E-state index in [1.165, 1.54) is 0 Å². The largest absolute Gasteiger partial charge is 0.0909 e. The zero-order valence-corrected chi connectivity index (χ0v) is 7.96. The first-order valence-electron chi connectivity index (χ1n) is 4.29. The minimum absolute atomic E-state index is 0.0308. The van der Waals surface area contributed by atoms with Crippen LogP contribution in [0.25, 0.3) is 20.9 Å². The molecule has 0 aliphatic carbocycles. The van der Waals surface area contributed by atoms with Crippen LogP contribution in [0, 0.1) is 0 Å². The molecule has 13 heavy (non-hydrogen) atoms. The van der Waals surface area contributed by atoms with E-state index in [9.17, 15) is 0 Å². The van der Waals surface area contributed by atoms with E-state index in [4.69, 9.17) is 11.1 Å². The Kier molecular flexibility index (Phi) is 6.51. The first-order valence-corrected chi connectivity index (χ1v) is 4.29. The van der Waals surface area contributed by atoms with Gasteiger partial charge in [0.05, 0.1) is 0 Å². The van der Waals surface area contributed by atoms with E-state index >= 15 is 0 Å². The van der Waals surface area contributed by atoms with Gasteiger partial charge in [0, 0.05) is 21.9 Å². The molecule has 0 aromatic heterocycles. The van der Waals surface area contributed by atoms with Gasteiger partial charge >= 0.3 is 0 Å². The van der Waals surface area contributed by atoms with E-state index in [0.29, 0.717) is 0 Å². The van der Waals surface area contributed by atoms with Gasteiger partial charge in [-0.2, -0.15) is 0 Å². The maximum atomic E-state index is 8.12. The van der Waals surface area contributed by atoms with Crippen molar-refractivity contribution in [1.29, 1.82) is 0 Å². The predicted molar refractivity (Wildman–Crippen MR) is 51.1 cm³/mol. The van der Waals surface area contributed by atoms with Gasteiger partial charge in [-0.05, 0) is 23.9 Å². The molecular weight excluding hydrogens is 168 g/mol. The predicted octanol–water partition coefficient (Wildman–Crippen LogP) is 3.55. The van der Waals surface area contributed by atoms with Crippen LogP contribution in [0.4, 0.5) is 0 Å². The molecule has 0 rings (SSSR count). The lowest BCUT2D eigenvalue weighted by atomic mass is 10.1.